The molecule has 3 heterocycles. The number of para-hydroxylation sites is 1. The Bertz CT molecular complexity index is 1020. The van der Waals surface area contributed by atoms with Gasteiger partial charge in [-0.2, -0.15) is 0 Å². The molecule has 144 valence electrons. The Morgan fingerprint density at radius 1 is 1.25 bits per heavy atom. The number of rotatable bonds is 4. The smallest absolute Gasteiger partial charge is 0.225 e. The number of carbonyl (C=O) groups is 2. The first-order valence-corrected chi connectivity index (χ1v) is 9.89. The first-order valence-electron chi connectivity index (χ1n) is 9.89. The van der Waals surface area contributed by atoms with E-state index in [4.69, 9.17) is 4.42 Å². The molecule has 6 heteroatoms. The van der Waals surface area contributed by atoms with Crippen LogP contribution in [0.15, 0.2) is 47.1 Å². The van der Waals surface area contributed by atoms with Crippen LogP contribution in [0.4, 0.5) is 0 Å². The van der Waals surface area contributed by atoms with Gasteiger partial charge >= 0.3 is 0 Å². The predicted molar refractivity (Wildman–Crippen MR) is 104 cm³/mol. The van der Waals surface area contributed by atoms with Crippen molar-refractivity contribution in [3.8, 4) is 0 Å². The Hall–Kier alpha value is -3.02. The van der Waals surface area contributed by atoms with Crippen LogP contribution in [0, 0.1) is 5.92 Å². The number of aryl methyl sites for hydroxylation is 1. The fraction of sp³-hybridized carbons (Fsp3) is 0.364. The second-order valence-electron chi connectivity index (χ2n) is 7.77. The average Bonchev–Trinajstić information content (AvgIpc) is 3.42. The van der Waals surface area contributed by atoms with Crippen molar-refractivity contribution in [1.82, 2.24) is 15.2 Å². The minimum atomic E-state index is -0.308. The number of carbonyl (C=O) groups excluding carboxylic acids is 2. The first kappa shape index (κ1) is 17.1. The molecule has 1 saturated heterocycles. The van der Waals surface area contributed by atoms with Gasteiger partial charge < -0.3 is 19.6 Å². The quantitative estimate of drug-likeness (QED) is 0.732. The topological polar surface area (TPSA) is 78.3 Å². The molecule has 1 aliphatic carbocycles. The Kier molecular flexibility index (Phi) is 4.19. The standard InChI is InChI=1S/C22H23N3O3/c26-20-11-14(12-25(20)13-15-5-4-10-28-15)22(27)24-19-9-3-7-17-16-6-1-2-8-18(16)23-21(17)19/h1-2,4-6,8,10,14,19,23H,3,7,9,11-13H2,(H,24,27)/t14-,19+/m0/s1. The van der Waals surface area contributed by atoms with Gasteiger partial charge in [0.05, 0.1) is 24.8 Å². The van der Waals surface area contributed by atoms with Crippen LogP contribution in [0.2, 0.25) is 0 Å². The van der Waals surface area contributed by atoms with Gasteiger partial charge in [-0.25, -0.2) is 0 Å². The highest BCUT2D eigenvalue weighted by Gasteiger charge is 2.36. The zero-order chi connectivity index (χ0) is 19.1. The van der Waals surface area contributed by atoms with Crippen molar-refractivity contribution in [3.63, 3.8) is 0 Å². The number of furan rings is 1. The van der Waals surface area contributed by atoms with E-state index in [0.717, 1.165) is 36.2 Å². The Morgan fingerprint density at radius 3 is 3.00 bits per heavy atom. The number of aromatic amines is 1. The molecule has 1 fully saturated rings. The van der Waals surface area contributed by atoms with E-state index in [-0.39, 0.29) is 30.2 Å². The number of aromatic nitrogens is 1. The highest BCUT2D eigenvalue weighted by molar-refractivity contribution is 5.90. The van der Waals surface area contributed by atoms with Crippen LogP contribution in [-0.2, 0) is 22.6 Å². The van der Waals surface area contributed by atoms with E-state index < -0.39 is 0 Å². The zero-order valence-electron chi connectivity index (χ0n) is 15.6. The van der Waals surface area contributed by atoms with Gasteiger partial charge in [-0.1, -0.05) is 18.2 Å². The molecule has 2 aromatic heterocycles. The third-order valence-corrected chi connectivity index (χ3v) is 5.94. The maximum atomic E-state index is 12.9. The van der Waals surface area contributed by atoms with E-state index in [1.807, 2.05) is 12.1 Å². The maximum absolute atomic E-state index is 12.9. The van der Waals surface area contributed by atoms with Crippen LogP contribution in [0.5, 0.6) is 0 Å². The lowest BCUT2D eigenvalue weighted by Crippen LogP contribution is -2.36. The van der Waals surface area contributed by atoms with E-state index in [9.17, 15) is 9.59 Å². The largest absolute Gasteiger partial charge is 0.467 e. The van der Waals surface area contributed by atoms with E-state index in [1.54, 1.807) is 17.2 Å². The van der Waals surface area contributed by atoms with E-state index in [2.05, 4.69) is 28.5 Å². The minimum absolute atomic E-state index is 0.00601. The Morgan fingerprint density at radius 2 is 2.14 bits per heavy atom. The van der Waals surface area contributed by atoms with Crippen molar-refractivity contribution >= 4 is 22.7 Å². The summed E-state index contributed by atoms with van der Waals surface area (Å²) in [6, 6.07) is 11.9. The van der Waals surface area contributed by atoms with Gasteiger partial charge in [0.25, 0.3) is 0 Å². The van der Waals surface area contributed by atoms with Crippen molar-refractivity contribution in [2.75, 3.05) is 6.54 Å². The number of likely N-dealkylation sites (tertiary alicyclic amines) is 1. The van der Waals surface area contributed by atoms with E-state index in [0.29, 0.717) is 13.1 Å². The van der Waals surface area contributed by atoms with Crippen LogP contribution < -0.4 is 5.32 Å². The minimum Gasteiger partial charge on any atom is -0.467 e. The van der Waals surface area contributed by atoms with E-state index in [1.165, 1.54) is 10.9 Å². The number of hydrogen-bond acceptors (Lipinski definition) is 3. The number of H-pyrrole nitrogens is 1. The summed E-state index contributed by atoms with van der Waals surface area (Å²) in [6.07, 6.45) is 4.86. The molecule has 2 N–H and O–H groups in total. The van der Waals surface area contributed by atoms with Crippen LogP contribution >= 0.6 is 0 Å². The zero-order valence-corrected chi connectivity index (χ0v) is 15.6. The second-order valence-corrected chi connectivity index (χ2v) is 7.77. The molecule has 0 bridgehead atoms. The summed E-state index contributed by atoms with van der Waals surface area (Å²) in [5.74, 6) is 0.403. The van der Waals surface area contributed by atoms with Gasteiger partial charge in [-0.3, -0.25) is 9.59 Å². The van der Waals surface area contributed by atoms with Gasteiger partial charge in [-0.15, -0.1) is 0 Å². The Balaban J connectivity index is 1.30. The number of nitrogens with one attached hydrogen (secondary N) is 2. The number of nitrogens with zero attached hydrogens (tertiary/aromatic N) is 1. The molecular weight excluding hydrogens is 354 g/mol. The fourth-order valence-corrected chi connectivity index (χ4v) is 4.54. The third-order valence-electron chi connectivity index (χ3n) is 5.94. The molecule has 2 atom stereocenters. The summed E-state index contributed by atoms with van der Waals surface area (Å²) in [5.41, 5.74) is 3.56. The normalized spacial score (nSPS) is 21.9. The number of fused-ring (bicyclic) bond motifs is 3. The van der Waals surface area contributed by atoms with Gasteiger partial charge in [0.1, 0.15) is 5.76 Å². The molecule has 1 aliphatic heterocycles. The molecule has 2 aliphatic rings. The van der Waals surface area contributed by atoms with Crippen LogP contribution in [-0.4, -0.2) is 28.2 Å². The van der Waals surface area contributed by atoms with Crippen LogP contribution in [0.3, 0.4) is 0 Å². The molecule has 5 rings (SSSR count). The van der Waals surface area contributed by atoms with Crippen molar-refractivity contribution < 1.29 is 14.0 Å². The van der Waals surface area contributed by atoms with Crippen LogP contribution in [0.1, 0.15) is 42.3 Å². The predicted octanol–water partition coefficient (Wildman–Crippen LogP) is 3.30. The summed E-state index contributed by atoms with van der Waals surface area (Å²) in [5, 5.41) is 4.45. The van der Waals surface area contributed by atoms with Gasteiger partial charge in [0.15, 0.2) is 0 Å². The maximum Gasteiger partial charge on any atom is 0.225 e. The SMILES string of the molecule is O=C(N[C@@H]1CCCc2c1[nH]c1ccccc21)[C@H]1CC(=O)N(Cc2ccco2)C1. The lowest BCUT2D eigenvalue weighted by Gasteiger charge is -2.25. The third kappa shape index (κ3) is 2.99. The Labute approximate surface area is 162 Å². The fourth-order valence-electron chi connectivity index (χ4n) is 4.54. The van der Waals surface area contributed by atoms with Crippen molar-refractivity contribution in [1.29, 1.82) is 0 Å². The molecule has 0 saturated carbocycles. The summed E-state index contributed by atoms with van der Waals surface area (Å²) >= 11 is 0. The molecule has 0 spiro atoms. The van der Waals surface area contributed by atoms with Crippen molar-refractivity contribution in [2.45, 2.75) is 38.3 Å². The number of benzene rings is 1. The summed E-state index contributed by atoms with van der Waals surface area (Å²) < 4.78 is 5.33. The van der Waals surface area contributed by atoms with Crippen molar-refractivity contribution in [3.05, 3.63) is 59.7 Å². The molecule has 1 aromatic carbocycles. The van der Waals surface area contributed by atoms with Gasteiger partial charge in [0.2, 0.25) is 11.8 Å². The van der Waals surface area contributed by atoms with Gasteiger partial charge in [-0.05, 0) is 43.0 Å². The highest BCUT2D eigenvalue weighted by Crippen LogP contribution is 2.35. The molecule has 6 nitrogen and oxygen atoms in total. The average molecular weight is 377 g/mol. The lowest BCUT2D eigenvalue weighted by atomic mass is 9.91. The van der Waals surface area contributed by atoms with Gasteiger partial charge in [0, 0.05) is 29.6 Å². The van der Waals surface area contributed by atoms with E-state index >= 15 is 0 Å². The molecule has 3 aromatic rings. The lowest BCUT2D eigenvalue weighted by molar-refractivity contribution is -0.129. The number of amides is 2. The summed E-state index contributed by atoms with van der Waals surface area (Å²) in [6.45, 7) is 0.864. The molecule has 0 unspecified atom stereocenters. The monoisotopic (exact) mass is 377 g/mol. The highest BCUT2D eigenvalue weighted by atomic mass is 16.3. The number of hydrogen-bond donors (Lipinski definition) is 2. The molecule has 2 amide bonds. The molecule has 28 heavy (non-hydrogen) atoms. The summed E-state index contributed by atoms with van der Waals surface area (Å²) in [4.78, 5) is 30.4. The van der Waals surface area contributed by atoms with Crippen LogP contribution in [0.25, 0.3) is 10.9 Å². The molecular formula is C22H23N3O3. The molecule has 0 radical (unpaired) electrons. The van der Waals surface area contributed by atoms with Crippen molar-refractivity contribution in [2.24, 2.45) is 5.92 Å². The second kappa shape index (κ2) is 6.86. The first-order chi connectivity index (χ1) is 13.7. The summed E-state index contributed by atoms with van der Waals surface area (Å²) in [7, 11) is 0.